The molecular formula is C16H19N3O5. The fraction of sp³-hybridized carbons (Fsp3) is 0.438. The molecular weight excluding hydrogens is 314 g/mol. The van der Waals surface area contributed by atoms with Crippen LogP contribution in [0.3, 0.4) is 0 Å². The number of nitrogens with one attached hydrogen (secondary N) is 2. The lowest BCUT2D eigenvalue weighted by atomic mass is 9.87. The number of nitrogens with zero attached hydrogens (tertiary/aromatic N) is 1. The maximum absolute atomic E-state index is 12.9. The van der Waals surface area contributed by atoms with Crippen molar-refractivity contribution in [2.45, 2.75) is 18.4 Å². The van der Waals surface area contributed by atoms with Gasteiger partial charge in [-0.1, -0.05) is 6.07 Å². The lowest BCUT2D eigenvalue weighted by Gasteiger charge is -2.37. The fourth-order valence-electron chi connectivity index (χ4n) is 3.19. The van der Waals surface area contributed by atoms with Crippen LogP contribution in [0.4, 0.5) is 4.79 Å². The molecule has 1 aromatic carbocycles. The van der Waals surface area contributed by atoms with Crippen LogP contribution in [0.5, 0.6) is 11.5 Å². The summed E-state index contributed by atoms with van der Waals surface area (Å²) in [5.41, 5.74) is -0.544. The van der Waals surface area contributed by atoms with Gasteiger partial charge in [-0.3, -0.25) is 14.9 Å². The molecule has 128 valence electrons. The molecule has 2 aliphatic heterocycles. The highest BCUT2D eigenvalue weighted by atomic mass is 16.5. The summed E-state index contributed by atoms with van der Waals surface area (Å²) < 4.78 is 10.6. The Hall–Kier alpha value is -2.77. The summed E-state index contributed by atoms with van der Waals surface area (Å²) in [6, 6.07) is 4.67. The van der Waals surface area contributed by atoms with Gasteiger partial charge in [-0.25, -0.2) is 4.79 Å². The standard InChI is InChI=1S/C16H19N3O5/c1-23-10-4-3-5-11(24-2)12(10)13(20)19-8-6-16(7-9-19)14(21)17-15(22)18-16/h3-5H,6-9H2,1-2H3,(H2,17,18,21,22). The van der Waals surface area contributed by atoms with Crippen LogP contribution in [0, 0.1) is 0 Å². The quantitative estimate of drug-likeness (QED) is 0.786. The predicted octanol–water partition coefficient (Wildman–Crippen LogP) is 0.518. The largest absolute Gasteiger partial charge is 0.496 e. The van der Waals surface area contributed by atoms with E-state index in [0.29, 0.717) is 43.0 Å². The van der Waals surface area contributed by atoms with Crippen molar-refractivity contribution in [1.82, 2.24) is 15.5 Å². The first kappa shape index (κ1) is 16.1. The average molecular weight is 333 g/mol. The van der Waals surface area contributed by atoms with E-state index in [2.05, 4.69) is 10.6 Å². The third kappa shape index (κ3) is 2.53. The third-order valence-corrected chi connectivity index (χ3v) is 4.56. The summed E-state index contributed by atoms with van der Waals surface area (Å²) in [5.74, 6) is 0.330. The number of amides is 4. The second-order valence-corrected chi connectivity index (χ2v) is 5.82. The molecule has 2 N–H and O–H groups in total. The van der Waals surface area contributed by atoms with Gasteiger partial charge in [-0.2, -0.15) is 0 Å². The molecule has 4 amide bonds. The Morgan fingerprint density at radius 2 is 1.71 bits per heavy atom. The molecule has 0 saturated carbocycles. The summed E-state index contributed by atoms with van der Waals surface area (Å²) in [6.45, 7) is 0.710. The van der Waals surface area contributed by atoms with Gasteiger partial charge in [-0.05, 0) is 25.0 Å². The van der Waals surface area contributed by atoms with Crippen LogP contribution in [0.2, 0.25) is 0 Å². The highest BCUT2D eigenvalue weighted by molar-refractivity contribution is 6.07. The zero-order valence-electron chi connectivity index (χ0n) is 13.5. The molecule has 24 heavy (non-hydrogen) atoms. The van der Waals surface area contributed by atoms with Gasteiger partial charge in [-0.15, -0.1) is 0 Å². The summed E-state index contributed by atoms with van der Waals surface area (Å²) >= 11 is 0. The average Bonchev–Trinajstić information content (AvgIpc) is 2.87. The number of imide groups is 1. The Kier molecular flexibility index (Phi) is 4.04. The predicted molar refractivity (Wildman–Crippen MR) is 84.1 cm³/mol. The molecule has 2 saturated heterocycles. The first-order chi connectivity index (χ1) is 11.5. The SMILES string of the molecule is COc1cccc(OC)c1C(=O)N1CCC2(CC1)NC(=O)NC2=O. The number of piperidine rings is 1. The van der Waals surface area contributed by atoms with Crippen LogP contribution in [0.1, 0.15) is 23.2 Å². The summed E-state index contributed by atoms with van der Waals surface area (Å²) in [6.07, 6.45) is 0.738. The van der Waals surface area contributed by atoms with Gasteiger partial charge in [0.15, 0.2) is 0 Å². The van der Waals surface area contributed by atoms with Gasteiger partial charge in [0.25, 0.3) is 11.8 Å². The number of urea groups is 1. The summed E-state index contributed by atoms with van der Waals surface area (Å²) in [7, 11) is 2.99. The maximum Gasteiger partial charge on any atom is 0.322 e. The number of benzene rings is 1. The minimum atomic E-state index is -0.904. The molecule has 0 radical (unpaired) electrons. The molecule has 0 atom stereocenters. The number of likely N-dealkylation sites (tertiary alicyclic amines) is 1. The van der Waals surface area contributed by atoms with Crippen LogP contribution >= 0.6 is 0 Å². The normalized spacial score (nSPS) is 19.0. The Morgan fingerprint density at radius 3 is 2.17 bits per heavy atom. The van der Waals surface area contributed by atoms with Crippen molar-refractivity contribution in [2.24, 2.45) is 0 Å². The molecule has 8 heteroatoms. The summed E-state index contributed by atoms with van der Waals surface area (Å²) in [4.78, 5) is 37.9. The van der Waals surface area contributed by atoms with Gasteiger partial charge < -0.3 is 19.7 Å². The Balaban J connectivity index is 1.79. The second kappa shape index (κ2) is 6.03. The molecule has 0 bridgehead atoms. The maximum atomic E-state index is 12.9. The lowest BCUT2D eigenvalue weighted by Crippen LogP contribution is -2.55. The summed E-state index contributed by atoms with van der Waals surface area (Å²) in [5, 5.41) is 4.93. The number of hydrogen-bond donors (Lipinski definition) is 2. The van der Waals surface area contributed by atoms with E-state index in [9.17, 15) is 14.4 Å². The molecule has 3 rings (SSSR count). The van der Waals surface area contributed by atoms with Gasteiger partial charge in [0.1, 0.15) is 22.6 Å². The topological polar surface area (TPSA) is 97.0 Å². The second-order valence-electron chi connectivity index (χ2n) is 5.82. The first-order valence-corrected chi connectivity index (χ1v) is 7.64. The molecule has 2 aliphatic rings. The minimum Gasteiger partial charge on any atom is -0.496 e. The van der Waals surface area contributed by atoms with Crippen LogP contribution in [0.25, 0.3) is 0 Å². The monoisotopic (exact) mass is 333 g/mol. The van der Waals surface area contributed by atoms with Crippen molar-refractivity contribution in [3.05, 3.63) is 23.8 Å². The van der Waals surface area contributed by atoms with E-state index >= 15 is 0 Å². The number of hydrogen-bond acceptors (Lipinski definition) is 5. The number of carbonyl (C=O) groups excluding carboxylic acids is 3. The van der Waals surface area contributed by atoms with E-state index in [-0.39, 0.29) is 11.8 Å². The molecule has 0 aliphatic carbocycles. The van der Waals surface area contributed by atoms with Gasteiger partial charge in [0, 0.05) is 13.1 Å². The van der Waals surface area contributed by atoms with Crippen molar-refractivity contribution in [1.29, 1.82) is 0 Å². The van der Waals surface area contributed by atoms with Gasteiger partial charge >= 0.3 is 6.03 Å². The fourth-order valence-corrected chi connectivity index (χ4v) is 3.19. The Labute approximate surface area is 139 Å². The lowest BCUT2D eigenvalue weighted by molar-refractivity contribution is -0.125. The van der Waals surface area contributed by atoms with Crippen molar-refractivity contribution in [3.8, 4) is 11.5 Å². The third-order valence-electron chi connectivity index (χ3n) is 4.56. The first-order valence-electron chi connectivity index (χ1n) is 7.64. The molecule has 2 heterocycles. The van der Waals surface area contributed by atoms with E-state index in [1.54, 1.807) is 23.1 Å². The number of carbonyl (C=O) groups is 3. The van der Waals surface area contributed by atoms with Crippen molar-refractivity contribution in [3.63, 3.8) is 0 Å². The van der Waals surface area contributed by atoms with Gasteiger partial charge in [0.2, 0.25) is 0 Å². The van der Waals surface area contributed by atoms with Crippen molar-refractivity contribution in [2.75, 3.05) is 27.3 Å². The van der Waals surface area contributed by atoms with E-state index in [0.717, 1.165) is 0 Å². The smallest absolute Gasteiger partial charge is 0.322 e. The zero-order chi connectivity index (χ0) is 17.3. The van der Waals surface area contributed by atoms with E-state index in [4.69, 9.17) is 9.47 Å². The molecule has 1 aromatic rings. The van der Waals surface area contributed by atoms with Crippen molar-refractivity contribution < 1.29 is 23.9 Å². The van der Waals surface area contributed by atoms with Crippen LogP contribution in [-0.2, 0) is 4.79 Å². The molecule has 1 spiro atoms. The Morgan fingerprint density at radius 1 is 1.12 bits per heavy atom. The van der Waals surface area contributed by atoms with Gasteiger partial charge in [0.05, 0.1) is 14.2 Å². The van der Waals surface area contributed by atoms with Crippen LogP contribution in [-0.4, -0.2) is 55.6 Å². The number of methoxy groups -OCH3 is 2. The van der Waals surface area contributed by atoms with E-state index in [1.807, 2.05) is 0 Å². The highest BCUT2D eigenvalue weighted by Crippen LogP contribution is 2.32. The molecule has 0 unspecified atom stereocenters. The highest BCUT2D eigenvalue weighted by Gasteiger charge is 2.48. The zero-order valence-corrected chi connectivity index (χ0v) is 13.5. The minimum absolute atomic E-state index is 0.219. The van der Waals surface area contributed by atoms with E-state index in [1.165, 1.54) is 14.2 Å². The number of ether oxygens (including phenoxy) is 2. The number of rotatable bonds is 3. The molecule has 8 nitrogen and oxygen atoms in total. The molecule has 0 aromatic heterocycles. The Bertz CT molecular complexity index is 673. The van der Waals surface area contributed by atoms with Crippen molar-refractivity contribution >= 4 is 17.8 Å². The van der Waals surface area contributed by atoms with Crippen LogP contribution < -0.4 is 20.1 Å². The molecule has 2 fully saturated rings. The van der Waals surface area contributed by atoms with Crippen LogP contribution in [0.15, 0.2) is 18.2 Å². The van der Waals surface area contributed by atoms with E-state index < -0.39 is 11.6 Å².